The topological polar surface area (TPSA) is 50.3 Å². The fraction of sp³-hybridized carbons (Fsp3) is 0.462. The molecule has 0 aliphatic carbocycles. The van der Waals surface area contributed by atoms with Crippen LogP contribution in [0.5, 0.6) is 0 Å². The molecule has 4 heteroatoms. The predicted octanol–water partition coefficient (Wildman–Crippen LogP) is 2.26. The minimum atomic E-state index is -0.199. The Balaban J connectivity index is 2.03. The van der Waals surface area contributed by atoms with E-state index in [1.807, 2.05) is 0 Å². The van der Waals surface area contributed by atoms with Gasteiger partial charge in [0, 0.05) is 18.9 Å². The van der Waals surface area contributed by atoms with Crippen LogP contribution < -0.4 is 0 Å². The Morgan fingerprint density at radius 1 is 1.12 bits per heavy atom. The lowest BCUT2D eigenvalue weighted by molar-refractivity contribution is 0.0651. The molecule has 0 N–H and O–H groups in total. The first-order valence-corrected chi connectivity index (χ1v) is 6.06. The molecule has 2 heterocycles. The third-order valence-electron chi connectivity index (χ3n) is 3.01. The summed E-state index contributed by atoms with van der Waals surface area (Å²) in [7, 11) is 0. The zero-order chi connectivity index (χ0) is 12.3. The molecule has 17 heavy (non-hydrogen) atoms. The van der Waals surface area contributed by atoms with Crippen molar-refractivity contribution in [3.8, 4) is 0 Å². The number of carbonyl (C=O) groups excluding carboxylic acids is 2. The van der Waals surface area contributed by atoms with Crippen LogP contribution in [-0.4, -0.2) is 28.2 Å². The summed E-state index contributed by atoms with van der Waals surface area (Å²) < 4.78 is 0. The molecule has 0 aromatic carbocycles. The summed E-state index contributed by atoms with van der Waals surface area (Å²) in [5.74, 6) is -0.376. The Bertz CT molecular complexity index is 408. The molecule has 1 aliphatic rings. The number of rotatable bonds is 5. The van der Waals surface area contributed by atoms with E-state index < -0.39 is 0 Å². The van der Waals surface area contributed by atoms with Crippen molar-refractivity contribution in [1.82, 2.24) is 9.88 Å². The van der Waals surface area contributed by atoms with E-state index in [0.717, 1.165) is 25.7 Å². The SMILES string of the molecule is CCCCCCN1C(=O)c2ccncc2C1=O. The highest BCUT2D eigenvalue weighted by Crippen LogP contribution is 2.21. The average molecular weight is 232 g/mol. The van der Waals surface area contributed by atoms with Crippen LogP contribution in [0.2, 0.25) is 0 Å². The van der Waals surface area contributed by atoms with E-state index in [4.69, 9.17) is 0 Å². The van der Waals surface area contributed by atoms with Gasteiger partial charge in [-0.25, -0.2) is 0 Å². The molecule has 1 aromatic heterocycles. The summed E-state index contributed by atoms with van der Waals surface area (Å²) in [6.07, 6.45) is 7.25. The molecule has 2 amide bonds. The second-order valence-corrected chi connectivity index (χ2v) is 4.24. The molecule has 1 aliphatic heterocycles. The summed E-state index contributed by atoms with van der Waals surface area (Å²) in [5.41, 5.74) is 0.925. The first kappa shape index (κ1) is 11.8. The van der Waals surface area contributed by atoms with Crippen molar-refractivity contribution in [1.29, 1.82) is 0 Å². The Hall–Kier alpha value is -1.71. The maximum atomic E-state index is 11.9. The van der Waals surface area contributed by atoms with Crippen LogP contribution in [0.15, 0.2) is 18.5 Å². The second-order valence-electron chi connectivity index (χ2n) is 4.24. The number of carbonyl (C=O) groups is 2. The lowest BCUT2D eigenvalue weighted by atomic mass is 10.2. The largest absolute Gasteiger partial charge is 0.274 e. The Morgan fingerprint density at radius 2 is 1.88 bits per heavy atom. The van der Waals surface area contributed by atoms with Gasteiger partial charge in [0.15, 0.2) is 0 Å². The lowest BCUT2D eigenvalue weighted by Gasteiger charge is -2.12. The molecule has 0 radical (unpaired) electrons. The first-order valence-electron chi connectivity index (χ1n) is 6.06. The molecule has 0 bridgehead atoms. The fourth-order valence-corrected chi connectivity index (χ4v) is 2.03. The minimum absolute atomic E-state index is 0.177. The zero-order valence-electron chi connectivity index (χ0n) is 9.98. The summed E-state index contributed by atoms with van der Waals surface area (Å²) in [6.45, 7) is 2.65. The van der Waals surface area contributed by atoms with E-state index in [-0.39, 0.29) is 11.8 Å². The molecule has 0 fully saturated rings. The van der Waals surface area contributed by atoms with Gasteiger partial charge in [-0.1, -0.05) is 26.2 Å². The van der Waals surface area contributed by atoms with Crippen LogP contribution in [-0.2, 0) is 0 Å². The van der Waals surface area contributed by atoms with Crippen molar-refractivity contribution in [3.63, 3.8) is 0 Å². The number of hydrogen-bond donors (Lipinski definition) is 0. The van der Waals surface area contributed by atoms with Gasteiger partial charge >= 0.3 is 0 Å². The Kier molecular flexibility index (Phi) is 3.52. The van der Waals surface area contributed by atoms with E-state index in [1.54, 1.807) is 12.3 Å². The van der Waals surface area contributed by atoms with Crippen molar-refractivity contribution in [2.24, 2.45) is 0 Å². The number of unbranched alkanes of at least 4 members (excludes halogenated alkanes) is 3. The molecule has 0 saturated carbocycles. The average Bonchev–Trinajstić information content (AvgIpc) is 2.60. The van der Waals surface area contributed by atoms with Gasteiger partial charge in [0.25, 0.3) is 11.8 Å². The first-order chi connectivity index (χ1) is 8.25. The van der Waals surface area contributed by atoms with E-state index in [2.05, 4.69) is 11.9 Å². The van der Waals surface area contributed by atoms with Crippen molar-refractivity contribution >= 4 is 11.8 Å². The molecule has 0 saturated heterocycles. The molecule has 2 rings (SSSR count). The van der Waals surface area contributed by atoms with E-state index in [1.165, 1.54) is 11.1 Å². The predicted molar refractivity (Wildman–Crippen MR) is 63.7 cm³/mol. The van der Waals surface area contributed by atoms with Gasteiger partial charge in [0.2, 0.25) is 0 Å². The highest BCUT2D eigenvalue weighted by molar-refractivity contribution is 6.21. The monoisotopic (exact) mass is 232 g/mol. The molecule has 4 nitrogen and oxygen atoms in total. The van der Waals surface area contributed by atoms with Gasteiger partial charge in [-0.15, -0.1) is 0 Å². The number of nitrogens with zero attached hydrogens (tertiary/aromatic N) is 2. The third kappa shape index (κ3) is 2.20. The molecule has 0 atom stereocenters. The minimum Gasteiger partial charge on any atom is -0.274 e. The number of aromatic nitrogens is 1. The third-order valence-corrected chi connectivity index (χ3v) is 3.01. The van der Waals surface area contributed by atoms with Crippen molar-refractivity contribution < 1.29 is 9.59 Å². The number of imide groups is 1. The van der Waals surface area contributed by atoms with Crippen LogP contribution in [0.3, 0.4) is 0 Å². The summed E-state index contributed by atoms with van der Waals surface area (Å²) in [6, 6.07) is 1.61. The Labute approximate surface area is 101 Å². The zero-order valence-corrected chi connectivity index (χ0v) is 9.98. The van der Waals surface area contributed by atoms with Gasteiger partial charge < -0.3 is 0 Å². The summed E-state index contributed by atoms with van der Waals surface area (Å²) in [4.78, 5) is 29.1. The molecule has 1 aromatic rings. The van der Waals surface area contributed by atoms with Gasteiger partial charge in [-0.05, 0) is 12.5 Å². The van der Waals surface area contributed by atoms with Crippen LogP contribution in [0.25, 0.3) is 0 Å². The van der Waals surface area contributed by atoms with Crippen LogP contribution >= 0.6 is 0 Å². The highest BCUT2D eigenvalue weighted by atomic mass is 16.2. The van der Waals surface area contributed by atoms with Gasteiger partial charge in [-0.3, -0.25) is 19.5 Å². The van der Waals surface area contributed by atoms with E-state index in [0.29, 0.717) is 17.7 Å². The molecule has 90 valence electrons. The number of fused-ring (bicyclic) bond motifs is 1. The standard InChI is InChI=1S/C13H16N2O2/c1-2-3-4-5-8-15-12(16)10-6-7-14-9-11(10)13(15)17/h6-7,9H,2-5,8H2,1H3. The molecular formula is C13H16N2O2. The number of pyridine rings is 1. The normalized spacial score (nSPS) is 14.3. The van der Waals surface area contributed by atoms with Crippen molar-refractivity contribution in [3.05, 3.63) is 29.6 Å². The molecule has 0 unspecified atom stereocenters. The summed E-state index contributed by atoms with van der Waals surface area (Å²) in [5, 5.41) is 0. The van der Waals surface area contributed by atoms with Crippen LogP contribution in [0, 0.1) is 0 Å². The van der Waals surface area contributed by atoms with Gasteiger partial charge in [0.05, 0.1) is 11.1 Å². The maximum Gasteiger partial charge on any atom is 0.263 e. The van der Waals surface area contributed by atoms with E-state index in [9.17, 15) is 9.59 Å². The fourth-order valence-electron chi connectivity index (χ4n) is 2.03. The van der Waals surface area contributed by atoms with Gasteiger partial charge in [-0.2, -0.15) is 0 Å². The quantitative estimate of drug-likeness (QED) is 0.578. The van der Waals surface area contributed by atoms with Crippen LogP contribution in [0.1, 0.15) is 53.3 Å². The Morgan fingerprint density at radius 3 is 2.59 bits per heavy atom. The van der Waals surface area contributed by atoms with Crippen LogP contribution in [0.4, 0.5) is 0 Å². The smallest absolute Gasteiger partial charge is 0.263 e. The molecule has 0 spiro atoms. The van der Waals surface area contributed by atoms with E-state index >= 15 is 0 Å². The summed E-state index contributed by atoms with van der Waals surface area (Å²) >= 11 is 0. The van der Waals surface area contributed by atoms with Crippen molar-refractivity contribution in [2.75, 3.05) is 6.54 Å². The second kappa shape index (κ2) is 5.08. The molecular weight excluding hydrogens is 216 g/mol. The maximum absolute atomic E-state index is 11.9. The highest BCUT2D eigenvalue weighted by Gasteiger charge is 2.34. The lowest BCUT2D eigenvalue weighted by Crippen LogP contribution is -2.30. The van der Waals surface area contributed by atoms with Crippen molar-refractivity contribution in [2.45, 2.75) is 32.6 Å². The number of hydrogen-bond acceptors (Lipinski definition) is 3. The number of amides is 2. The van der Waals surface area contributed by atoms with Gasteiger partial charge in [0.1, 0.15) is 0 Å².